The van der Waals surface area contributed by atoms with Crippen molar-refractivity contribution in [3.05, 3.63) is 29.3 Å². The van der Waals surface area contributed by atoms with Gasteiger partial charge in [-0.1, -0.05) is 19.4 Å². The average molecular weight is 300 g/mol. The predicted octanol–water partition coefficient (Wildman–Crippen LogP) is 4.16. The molecular formula is C20H29NO. The van der Waals surface area contributed by atoms with Crippen molar-refractivity contribution in [1.82, 2.24) is 4.90 Å². The second-order valence-electron chi connectivity index (χ2n) is 7.76. The van der Waals surface area contributed by atoms with Crippen molar-refractivity contribution >= 4 is 0 Å². The van der Waals surface area contributed by atoms with Crippen LogP contribution in [-0.2, 0) is 11.8 Å². The molecule has 2 heteroatoms. The number of rotatable bonds is 3. The van der Waals surface area contributed by atoms with Crippen molar-refractivity contribution in [1.29, 1.82) is 0 Å². The zero-order chi connectivity index (χ0) is 16.4. The van der Waals surface area contributed by atoms with Crippen LogP contribution in [0.15, 0.2) is 18.2 Å². The third-order valence-electron chi connectivity index (χ3n) is 6.64. The molecule has 4 atom stereocenters. The Kier molecular flexibility index (Phi) is 3.04. The first-order valence-electron chi connectivity index (χ1n) is 9.40. The van der Waals surface area contributed by atoms with Gasteiger partial charge in [0, 0.05) is 17.5 Å². The standard InChI is InChI=1S/C20H29NO/c1-5-20-10-6-7-17-19(20)18(21(17)4)11-14-8-9-15(12-16(14)20)22-13(2)3/h8-9,12-13,17-19H,5-7,10-11H2,1-4H3/t17?,18-,19+,20?/m0/s1/i13D. The first-order valence-corrected chi connectivity index (χ1v) is 8.90. The van der Waals surface area contributed by atoms with E-state index in [2.05, 4.69) is 37.1 Å². The Morgan fingerprint density at radius 2 is 2.23 bits per heavy atom. The van der Waals surface area contributed by atoms with Crippen LogP contribution in [0.5, 0.6) is 5.75 Å². The summed E-state index contributed by atoms with van der Waals surface area (Å²) in [6, 6.07) is 8.11. The van der Waals surface area contributed by atoms with E-state index < -0.39 is 6.08 Å². The minimum atomic E-state index is -0.878. The van der Waals surface area contributed by atoms with Crippen LogP contribution in [0, 0.1) is 5.92 Å². The Morgan fingerprint density at radius 1 is 1.41 bits per heavy atom. The summed E-state index contributed by atoms with van der Waals surface area (Å²) in [5.74, 6) is 1.68. The molecule has 2 nitrogen and oxygen atoms in total. The maximum absolute atomic E-state index is 8.02. The van der Waals surface area contributed by atoms with Gasteiger partial charge in [0.15, 0.2) is 0 Å². The predicted molar refractivity (Wildman–Crippen MR) is 90.6 cm³/mol. The summed E-state index contributed by atoms with van der Waals surface area (Å²) >= 11 is 0. The van der Waals surface area contributed by atoms with E-state index >= 15 is 0 Å². The van der Waals surface area contributed by atoms with Gasteiger partial charge < -0.3 is 4.74 Å². The fraction of sp³-hybridized carbons (Fsp3) is 0.700. The maximum atomic E-state index is 8.02. The lowest BCUT2D eigenvalue weighted by atomic mass is 9.49. The number of ether oxygens (including phenoxy) is 1. The summed E-state index contributed by atoms with van der Waals surface area (Å²) in [5.41, 5.74) is 3.37. The van der Waals surface area contributed by atoms with Crippen molar-refractivity contribution in [2.45, 2.75) is 76.5 Å². The third kappa shape index (κ3) is 1.83. The summed E-state index contributed by atoms with van der Waals surface area (Å²) in [4.78, 5) is 2.63. The molecule has 0 N–H and O–H groups in total. The second-order valence-corrected chi connectivity index (χ2v) is 7.76. The Labute approximate surface area is 136 Å². The van der Waals surface area contributed by atoms with E-state index in [1.165, 1.54) is 43.2 Å². The summed E-state index contributed by atoms with van der Waals surface area (Å²) in [6.07, 6.45) is 5.54. The molecule has 1 saturated heterocycles. The quantitative estimate of drug-likeness (QED) is 0.831. The Bertz CT molecular complexity index is 623. The topological polar surface area (TPSA) is 12.5 Å². The monoisotopic (exact) mass is 300 g/mol. The van der Waals surface area contributed by atoms with E-state index in [0.717, 1.165) is 23.8 Å². The molecule has 0 radical (unpaired) electrons. The molecule has 0 spiro atoms. The fourth-order valence-electron chi connectivity index (χ4n) is 5.73. The van der Waals surface area contributed by atoms with Crippen molar-refractivity contribution in [3.8, 4) is 5.75 Å². The zero-order valence-corrected chi connectivity index (χ0v) is 14.4. The second kappa shape index (κ2) is 4.99. The molecule has 2 fully saturated rings. The molecule has 1 aromatic carbocycles. The number of likely N-dealkylation sites (N-methyl/N-ethyl adjacent to an activating group) is 1. The number of nitrogens with zero attached hydrogens (tertiary/aromatic N) is 1. The Hall–Kier alpha value is -1.02. The van der Waals surface area contributed by atoms with E-state index in [4.69, 9.17) is 6.11 Å². The van der Waals surface area contributed by atoms with Gasteiger partial charge in [0.2, 0.25) is 0 Å². The van der Waals surface area contributed by atoms with Gasteiger partial charge in [0.05, 0.1) is 7.45 Å². The third-order valence-corrected chi connectivity index (χ3v) is 6.64. The lowest BCUT2D eigenvalue weighted by Gasteiger charge is -2.66. The molecule has 4 rings (SSSR count). The van der Waals surface area contributed by atoms with Gasteiger partial charge in [0.25, 0.3) is 0 Å². The highest BCUT2D eigenvalue weighted by molar-refractivity contribution is 5.46. The van der Waals surface area contributed by atoms with Crippen LogP contribution in [0.3, 0.4) is 0 Å². The highest BCUT2D eigenvalue weighted by atomic mass is 16.5. The molecule has 3 aliphatic rings. The average Bonchev–Trinajstić information content (AvgIpc) is 2.51. The van der Waals surface area contributed by atoms with E-state index in [9.17, 15) is 0 Å². The molecule has 22 heavy (non-hydrogen) atoms. The Balaban J connectivity index is 1.79. The molecule has 2 unspecified atom stereocenters. The van der Waals surface area contributed by atoms with Gasteiger partial charge >= 0.3 is 0 Å². The molecule has 0 bridgehead atoms. The number of benzene rings is 1. The van der Waals surface area contributed by atoms with Crippen molar-refractivity contribution < 1.29 is 6.11 Å². The van der Waals surface area contributed by atoms with Gasteiger partial charge in [-0.2, -0.15) is 0 Å². The first-order chi connectivity index (χ1) is 10.9. The van der Waals surface area contributed by atoms with E-state index in [1.54, 1.807) is 13.8 Å². The summed E-state index contributed by atoms with van der Waals surface area (Å²) < 4.78 is 13.9. The van der Waals surface area contributed by atoms with Crippen LogP contribution in [0.25, 0.3) is 0 Å². The molecule has 1 heterocycles. The smallest absolute Gasteiger partial charge is 0.119 e. The van der Waals surface area contributed by atoms with Gasteiger partial charge in [0.1, 0.15) is 5.75 Å². The number of fused-ring (bicyclic) bond motifs is 2. The summed E-state index contributed by atoms with van der Waals surface area (Å²) in [5, 5.41) is 0. The van der Waals surface area contributed by atoms with E-state index in [1.807, 2.05) is 0 Å². The van der Waals surface area contributed by atoms with Crippen LogP contribution < -0.4 is 4.74 Å². The van der Waals surface area contributed by atoms with Gasteiger partial charge in [-0.25, -0.2) is 0 Å². The largest absolute Gasteiger partial charge is 0.491 e. The highest BCUT2D eigenvalue weighted by Gasteiger charge is 2.60. The lowest BCUT2D eigenvalue weighted by molar-refractivity contribution is -0.115. The minimum Gasteiger partial charge on any atom is -0.491 e. The SMILES string of the molecule is [2H]C(C)(C)Oc1ccc2c(c1)C1(CC)CCCC3[C@@H]1[C@H](C2)N3C. The number of likely N-dealkylation sites (tertiary alicyclic amines) is 1. The molecule has 1 saturated carbocycles. The lowest BCUT2D eigenvalue weighted by Crippen LogP contribution is -2.72. The fourth-order valence-corrected chi connectivity index (χ4v) is 5.73. The molecule has 1 aliphatic heterocycles. The van der Waals surface area contributed by atoms with Gasteiger partial charge in [-0.3, -0.25) is 4.90 Å². The summed E-state index contributed by atoms with van der Waals surface area (Å²) in [6.45, 7) is 5.97. The molecule has 0 amide bonds. The molecule has 2 aliphatic carbocycles. The van der Waals surface area contributed by atoms with Crippen LogP contribution in [0.2, 0.25) is 0 Å². The van der Waals surface area contributed by atoms with Crippen LogP contribution >= 0.6 is 0 Å². The van der Waals surface area contributed by atoms with Crippen LogP contribution in [0.1, 0.15) is 59.0 Å². The van der Waals surface area contributed by atoms with E-state index in [-0.39, 0.29) is 0 Å². The van der Waals surface area contributed by atoms with E-state index in [0.29, 0.717) is 5.41 Å². The van der Waals surface area contributed by atoms with Crippen molar-refractivity contribution in [2.24, 2.45) is 5.92 Å². The highest BCUT2D eigenvalue weighted by Crippen LogP contribution is 2.59. The molecule has 0 aromatic heterocycles. The zero-order valence-electron chi connectivity index (χ0n) is 15.4. The first kappa shape index (κ1) is 13.4. The summed E-state index contributed by atoms with van der Waals surface area (Å²) in [7, 11) is 2.32. The maximum Gasteiger partial charge on any atom is 0.119 e. The molecule has 120 valence electrons. The normalized spacial score (nSPS) is 37.6. The van der Waals surface area contributed by atoms with Gasteiger partial charge in [-0.05, 0) is 75.8 Å². The number of hydrogen-bond acceptors (Lipinski definition) is 2. The van der Waals surface area contributed by atoms with Gasteiger partial charge in [-0.15, -0.1) is 0 Å². The van der Waals surface area contributed by atoms with Crippen LogP contribution in [-0.4, -0.2) is 30.1 Å². The molecule has 1 aromatic rings. The Morgan fingerprint density at radius 3 is 2.95 bits per heavy atom. The van der Waals surface area contributed by atoms with Crippen molar-refractivity contribution in [2.75, 3.05) is 7.05 Å². The number of hydrogen-bond donors (Lipinski definition) is 0. The molecular weight excluding hydrogens is 270 g/mol. The minimum absolute atomic E-state index is 0.333. The van der Waals surface area contributed by atoms with Crippen LogP contribution in [0.4, 0.5) is 0 Å². The van der Waals surface area contributed by atoms with Crippen molar-refractivity contribution in [3.63, 3.8) is 0 Å².